The zero-order chi connectivity index (χ0) is 24.8. The van der Waals surface area contributed by atoms with E-state index in [4.69, 9.17) is 9.47 Å². The SMILES string of the molecule is COc1ccc(CC(=O)Nc2ccc([C@H]3OCC(=O)N(Cc4ccc(F)cc4)[C@@H]3CO)cc2)cc1. The number of aliphatic hydroxyl groups is 1. The summed E-state index contributed by atoms with van der Waals surface area (Å²) in [6, 6.07) is 19.8. The molecular formula is C27H27FN2O5. The summed E-state index contributed by atoms with van der Waals surface area (Å²) in [5.74, 6) is -0.0169. The first-order valence-electron chi connectivity index (χ1n) is 11.3. The molecule has 0 unspecified atom stereocenters. The number of carbonyl (C=O) groups excluding carboxylic acids is 2. The molecule has 182 valence electrons. The third kappa shape index (κ3) is 6.03. The number of hydrogen-bond donors (Lipinski definition) is 2. The van der Waals surface area contributed by atoms with Crippen molar-refractivity contribution in [1.29, 1.82) is 0 Å². The fourth-order valence-corrected chi connectivity index (χ4v) is 4.10. The lowest BCUT2D eigenvalue weighted by Gasteiger charge is -2.40. The van der Waals surface area contributed by atoms with E-state index in [-0.39, 0.29) is 43.8 Å². The van der Waals surface area contributed by atoms with Crippen LogP contribution >= 0.6 is 0 Å². The van der Waals surface area contributed by atoms with Crippen molar-refractivity contribution in [2.45, 2.75) is 25.1 Å². The van der Waals surface area contributed by atoms with Crippen LogP contribution in [0.5, 0.6) is 5.75 Å². The molecule has 4 rings (SSSR count). The van der Waals surface area contributed by atoms with Gasteiger partial charge in [0.1, 0.15) is 24.3 Å². The third-order valence-electron chi connectivity index (χ3n) is 5.96. The summed E-state index contributed by atoms with van der Waals surface area (Å²) >= 11 is 0. The van der Waals surface area contributed by atoms with Crippen LogP contribution in [0.15, 0.2) is 72.8 Å². The molecule has 8 heteroatoms. The van der Waals surface area contributed by atoms with Gasteiger partial charge in [0.25, 0.3) is 0 Å². The number of anilines is 1. The maximum atomic E-state index is 13.2. The number of amides is 2. The molecule has 2 amide bonds. The van der Waals surface area contributed by atoms with Crippen LogP contribution < -0.4 is 10.1 Å². The van der Waals surface area contributed by atoms with Crippen LogP contribution in [0.25, 0.3) is 0 Å². The summed E-state index contributed by atoms with van der Waals surface area (Å²) < 4.78 is 24.2. The second kappa shape index (κ2) is 11.1. The number of methoxy groups -OCH3 is 1. The van der Waals surface area contributed by atoms with Gasteiger partial charge < -0.3 is 24.8 Å². The summed E-state index contributed by atoms with van der Waals surface area (Å²) in [4.78, 5) is 26.5. The second-order valence-electron chi connectivity index (χ2n) is 8.32. The van der Waals surface area contributed by atoms with Crippen LogP contribution in [0.3, 0.4) is 0 Å². The molecule has 1 aliphatic rings. The summed E-state index contributed by atoms with van der Waals surface area (Å²) in [6.07, 6.45) is -0.313. The molecule has 1 aliphatic heterocycles. The molecule has 2 atom stereocenters. The van der Waals surface area contributed by atoms with Crippen LogP contribution in [-0.4, -0.2) is 48.2 Å². The zero-order valence-electron chi connectivity index (χ0n) is 19.3. The molecule has 7 nitrogen and oxygen atoms in total. The van der Waals surface area contributed by atoms with Gasteiger partial charge in [-0.05, 0) is 53.1 Å². The molecule has 0 aliphatic carbocycles. The highest BCUT2D eigenvalue weighted by Gasteiger charge is 2.37. The quantitative estimate of drug-likeness (QED) is 0.518. The Balaban J connectivity index is 1.41. The monoisotopic (exact) mass is 478 g/mol. The molecule has 0 aromatic heterocycles. The van der Waals surface area contributed by atoms with Crippen molar-refractivity contribution in [3.63, 3.8) is 0 Å². The van der Waals surface area contributed by atoms with Gasteiger partial charge in [-0.2, -0.15) is 0 Å². The van der Waals surface area contributed by atoms with E-state index in [0.29, 0.717) is 5.69 Å². The molecule has 3 aromatic carbocycles. The summed E-state index contributed by atoms with van der Waals surface area (Å²) in [7, 11) is 1.59. The van der Waals surface area contributed by atoms with Crippen molar-refractivity contribution >= 4 is 17.5 Å². The molecule has 35 heavy (non-hydrogen) atoms. The standard InChI is InChI=1S/C27H27FN2O5/c1-34-23-12-4-18(5-13-23)14-25(32)29-22-10-6-20(7-11-22)27-24(16-31)30(26(33)17-35-27)15-19-2-8-21(28)9-3-19/h2-13,24,27,31H,14-17H2,1H3,(H,29,32)/t24-,27-/m1/s1. The van der Waals surface area contributed by atoms with Crippen LogP contribution in [0.2, 0.25) is 0 Å². The van der Waals surface area contributed by atoms with E-state index in [2.05, 4.69) is 5.32 Å². The number of aliphatic hydroxyl groups excluding tert-OH is 1. The van der Waals surface area contributed by atoms with Gasteiger partial charge in [-0.25, -0.2) is 4.39 Å². The minimum Gasteiger partial charge on any atom is -0.497 e. The molecule has 3 aromatic rings. The zero-order valence-corrected chi connectivity index (χ0v) is 19.3. The molecule has 0 radical (unpaired) electrons. The predicted molar refractivity (Wildman–Crippen MR) is 128 cm³/mol. The number of nitrogens with zero attached hydrogens (tertiary/aromatic N) is 1. The van der Waals surface area contributed by atoms with Gasteiger partial charge in [0, 0.05) is 12.2 Å². The Labute approximate surface area is 203 Å². The Kier molecular flexibility index (Phi) is 7.74. The fourth-order valence-electron chi connectivity index (χ4n) is 4.10. The third-order valence-corrected chi connectivity index (χ3v) is 5.96. The van der Waals surface area contributed by atoms with Crippen molar-refractivity contribution in [1.82, 2.24) is 4.90 Å². The largest absolute Gasteiger partial charge is 0.497 e. The Bertz CT molecular complexity index is 1150. The Morgan fingerprint density at radius 2 is 1.71 bits per heavy atom. The number of halogens is 1. The smallest absolute Gasteiger partial charge is 0.249 e. The number of carbonyl (C=O) groups is 2. The molecule has 1 saturated heterocycles. The number of hydrogen-bond acceptors (Lipinski definition) is 5. The van der Waals surface area contributed by atoms with Crippen LogP contribution in [0, 0.1) is 5.82 Å². The van der Waals surface area contributed by atoms with Crippen molar-refractivity contribution < 1.29 is 28.6 Å². The normalized spacial score (nSPS) is 17.8. The van der Waals surface area contributed by atoms with Crippen molar-refractivity contribution in [3.8, 4) is 5.75 Å². The molecule has 0 bridgehead atoms. The van der Waals surface area contributed by atoms with E-state index in [9.17, 15) is 19.1 Å². The summed E-state index contributed by atoms with van der Waals surface area (Å²) in [5.41, 5.74) is 3.03. The Morgan fingerprint density at radius 3 is 2.34 bits per heavy atom. The summed E-state index contributed by atoms with van der Waals surface area (Å²) in [6.45, 7) is -0.176. The first-order chi connectivity index (χ1) is 17.0. The maximum absolute atomic E-state index is 13.2. The lowest BCUT2D eigenvalue weighted by atomic mass is 9.98. The molecule has 1 fully saturated rings. The highest BCUT2D eigenvalue weighted by Crippen LogP contribution is 2.31. The molecule has 0 saturated carbocycles. The van der Waals surface area contributed by atoms with E-state index in [1.807, 2.05) is 36.4 Å². The fraction of sp³-hybridized carbons (Fsp3) is 0.259. The first-order valence-corrected chi connectivity index (χ1v) is 11.3. The van der Waals surface area contributed by atoms with Crippen molar-refractivity contribution in [2.75, 3.05) is 25.6 Å². The highest BCUT2D eigenvalue weighted by molar-refractivity contribution is 5.92. The van der Waals surface area contributed by atoms with E-state index >= 15 is 0 Å². The van der Waals surface area contributed by atoms with Gasteiger partial charge >= 0.3 is 0 Å². The molecule has 1 heterocycles. The van der Waals surface area contributed by atoms with Gasteiger partial charge in [0.05, 0.1) is 26.2 Å². The van der Waals surface area contributed by atoms with Gasteiger partial charge in [0.15, 0.2) is 0 Å². The number of benzene rings is 3. The maximum Gasteiger partial charge on any atom is 0.249 e. The average molecular weight is 479 g/mol. The van der Waals surface area contributed by atoms with E-state index < -0.39 is 12.1 Å². The topological polar surface area (TPSA) is 88.1 Å². The van der Waals surface area contributed by atoms with E-state index in [0.717, 1.165) is 22.4 Å². The minimum absolute atomic E-state index is 0.122. The summed E-state index contributed by atoms with van der Waals surface area (Å²) in [5, 5.41) is 13.0. The van der Waals surface area contributed by atoms with Gasteiger partial charge in [-0.1, -0.05) is 36.4 Å². The highest BCUT2D eigenvalue weighted by atomic mass is 19.1. The Morgan fingerprint density at radius 1 is 1.06 bits per heavy atom. The van der Waals surface area contributed by atoms with Crippen LogP contribution in [0.4, 0.5) is 10.1 Å². The van der Waals surface area contributed by atoms with Crippen LogP contribution in [0.1, 0.15) is 22.8 Å². The predicted octanol–water partition coefficient (Wildman–Crippen LogP) is 3.48. The molecular weight excluding hydrogens is 451 g/mol. The lowest BCUT2D eigenvalue weighted by Crippen LogP contribution is -2.52. The van der Waals surface area contributed by atoms with Crippen molar-refractivity contribution in [2.24, 2.45) is 0 Å². The Hall–Kier alpha value is -3.75. The number of rotatable bonds is 8. The number of ether oxygens (including phenoxy) is 2. The molecule has 0 spiro atoms. The van der Waals surface area contributed by atoms with Gasteiger partial charge in [0.2, 0.25) is 11.8 Å². The lowest BCUT2D eigenvalue weighted by molar-refractivity contribution is -0.162. The van der Waals surface area contributed by atoms with Gasteiger partial charge in [-0.3, -0.25) is 9.59 Å². The van der Waals surface area contributed by atoms with Gasteiger partial charge in [-0.15, -0.1) is 0 Å². The van der Waals surface area contributed by atoms with E-state index in [1.165, 1.54) is 12.1 Å². The average Bonchev–Trinajstić information content (AvgIpc) is 2.87. The van der Waals surface area contributed by atoms with Crippen molar-refractivity contribution in [3.05, 3.63) is 95.3 Å². The first kappa shape index (κ1) is 24.4. The van der Waals surface area contributed by atoms with Crippen LogP contribution in [-0.2, 0) is 27.3 Å². The number of nitrogens with one attached hydrogen (secondary N) is 1. The number of morpholine rings is 1. The minimum atomic E-state index is -0.600. The second-order valence-corrected chi connectivity index (χ2v) is 8.32. The van der Waals surface area contributed by atoms with E-state index in [1.54, 1.807) is 36.3 Å². The molecule has 2 N–H and O–H groups in total.